The van der Waals surface area contributed by atoms with Crippen molar-refractivity contribution in [3.63, 3.8) is 0 Å². The summed E-state index contributed by atoms with van der Waals surface area (Å²) in [5, 5.41) is 6.91. The number of aromatic amines is 1. The van der Waals surface area contributed by atoms with E-state index in [-0.39, 0.29) is 17.6 Å². The van der Waals surface area contributed by atoms with Crippen molar-refractivity contribution in [1.29, 1.82) is 0 Å². The van der Waals surface area contributed by atoms with Crippen LogP contribution in [0.25, 0.3) is 16.7 Å². The number of pyridine rings is 1. The van der Waals surface area contributed by atoms with E-state index in [9.17, 15) is 31.1 Å². The summed E-state index contributed by atoms with van der Waals surface area (Å²) >= 11 is 6.14. The number of carbonyl (C=O) groups excluding carboxylic acids is 1. The van der Waals surface area contributed by atoms with Gasteiger partial charge in [0.25, 0.3) is 5.91 Å². The fourth-order valence-corrected chi connectivity index (χ4v) is 10.9. The summed E-state index contributed by atoms with van der Waals surface area (Å²) in [4.78, 5) is 36.4. The summed E-state index contributed by atoms with van der Waals surface area (Å²) in [6.07, 6.45) is 3.02. The Hall–Kier alpha value is -7.47. The smallest absolute Gasteiger partial charge is 0.406 e. The molecule has 396 valence electrons. The zero-order valence-corrected chi connectivity index (χ0v) is 42.5. The molecule has 0 atom stereocenters. The van der Waals surface area contributed by atoms with Crippen molar-refractivity contribution in [3.8, 4) is 5.75 Å². The number of halogens is 7. The number of ether oxygens (including phenoxy) is 1. The fraction of sp³-hybridized carbons (Fsp3) is 0.333. The van der Waals surface area contributed by atoms with Crippen LogP contribution in [0.1, 0.15) is 84.2 Å². The predicted octanol–water partition coefficient (Wildman–Crippen LogP) is 13.4. The van der Waals surface area contributed by atoms with Crippen molar-refractivity contribution in [2.75, 3.05) is 59.3 Å². The van der Waals surface area contributed by atoms with E-state index in [1.165, 1.54) is 30.0 Å². The summed E-state index contributed by atoms with van der Waals surface area (Å²) in [7, 11) is 0. The molecule has 1 spiro atoms. The molecule has 11 rings (SSSR count). The van der Waals surface area contributed by atoms with Crippen molar-refractivity contribution < 1.29 is 35.9 Å². The second kappa shape index (κ2) is 22.0. The highest BCUT2D eigenvalue weighted by Gasteiger charge is 2.38. The number of anilines is 5. The normalized spacial score (nSPS) is 16.2. The summed E-state index contributed by atoms with van der Waals surface area (Å²) in [6, 6.07) is 33.8. The average molecular weight is 1060 g/mol. The quantitative estimate of drug-likeness (QED) is 0.109. The fourth-order valence-electron chi connectivity index (χ4n) is 10.8. The molecule has 12 nitrogen and oxygen atoms in total. The standard InChI is InChI=1S/C29H28ClF3N4O2.C28H29F3N6/c1-2-25-27(37-18-22(30)7-12-26(37)35-25)28(38)34-17-19-3-8-23(9-4-19)36-15-13-21(14-16-36)20-5-10-24(11-6-20)39-29(31,32)33;29-28(30,31)20-1-5-22(6-2-20)36-15-10-27(11-16-36)12-17-37(18-13-27)23-7-3-21(4-8-23)35-26-25-24(9-14-32-25)33-19-34-26/h3-12,18,21H,2,13-17H2,1H3,(H,34,38);1-9,14,19,32H,10-13,15-18H2,(H,33,34,35). The van der Waals surface area contributed by atoms with Crippen LogP contribution in [0.3, 0.4) is 0 Å². The van der Waals surface area contributed by atoms with Crippen LogP contribution in [0.4, 0.5) is 54.9 Å². The number of hydrogen-bond acceptors (Lipinski definition) is 9. The first-order valence-electron chi connectivity index (χ1n) is 25.6. The first-order valence-corrected chi connectivity index (χ1v) is 25.9. The highest BCUT2D eigenvalue weighted by atomic mass is 35.5. The lowest BCUT2D eigenvalue weighted by Gasteiger charge is -2.48. The maximum Gasteiger partial charge on any atom is 0.573 e. The third-order valence-corrected chi connectivity index (χ3v) is 15.3. The van der Waals surface area contributed by atoms with E-state index in [0.29, 0.717) is 34.7 Å². The van der Waals surface area contributed by atoms with Gasteiger partial charge in [-0.2, -0.15) is 13.2 Å². The molecule has 0 aliphatic carbocycles. The van der Waals surface area contributed by atoms with E-state index in [1.54, 1.807) is 53.3 Å². The summed E-state index contributed by atoms with van der Waals surface area (Å²) < 4.78 is 81.5. The second-order valence-electron chi connectivity index (χ2n) is 19.7. The highest BCUT2D eigenvalue weighted by molar-refractivity contribution is 6.30. The van der Waals surface area contributed by atoms with Gasteiger partial charge in [-0.15, -0.1) is 13.2 Å². The summed E-state index contributed by atoms with van der Waals surface area (Å²) in [6.45, 7) is 7.85. The van der Waals surface area contributed by atoms with Crippen molar-refractivity contribution in [3.05, 3.63) is 167 Å². The van der Waals surface area contributed by atoms with Crippen LogP contribution >= 0.6 is 11.6 Å². The Labute approximate surface area is 441 Å². The van der Waals surface area contributed by atoms with E-state index in [2.05, 4.69) is 86.4 Å². The Morgan fingerprint density at radius 2 is 1.33 bits per heavy atom. The molecule has 76 heavy (non-hydrogen) atoms. The predicted molar refractivity (Wildman–Crippen MR) is 285 cm³/mol. The molecule has 3 fully saturated rings. The number of hydrogen-bond donors (Lipinski definition) is 3. The minimum atomic E-state index is -4.68. The van der Waals surface area contributed by atoms with Crippen LogP contribution in [-0.2, 0) is 19.1 Å². The molecule has 0 unspecified atom stereocenters. The zero-order chi connectivity index (χ0) is 53.0. The summed E-state index contributed by atoms with van der Waals surface area (Å²) in [5.41, 5.74) is 9.58. The van der Waals surface area contributed by atoms with Gasteiger partial charge < -0.3 is 35.1 Å². The van der Waals surface area contributed by atoms with Gasteiger partial charge in [0, 0.05) is 81.0 Å². The van der Waals surface area contributed by atoms with Gasteiger partial charge in [0.2, 0.25) is 0 Å². The number of nitrogens with zero attached hydrogens (tertiary/aromatic N) is 7. The first-order chi connectivity index (χ1) is 36.6. The maximum absolute atomic E-state index is 13.0. The number of benzene rings is 4. The molecule has 3 aliphatic rings. The molecule has 0 radical (unpaired) electrons. The van der Waals surface area contributed by atoms with Crippen LogP contribution in [0.15, 0.2) is 134 Å². The van der Waals surface area contributed by atoms with E-state index >= 15 is 0 Å². The molecule has 3 N–H and O–H groups in total. The Morgan fingerprint density at radius 3 is 1.92 bits per heavy atom. The third kappa shape index (κ3) is 12.1. The van der Waals surface area contributed by atoms with Gasteiger partial charge in [0.15, 0.2) is 5.82 Å². The van der Waals surface area contributed by atoms with Gasteiger partial charge in [0.1, 0.15) is 28.9 Å². The topological polar surface area (TPSA) is 119 Å². The lowest BCUT2D eigenvalue weighted by atomic mass is 9.71. The molecule has 4 aromatic heterocycles. The van der Waals surface area contributed by atoms with E-state index in [0.717, 1.165) is 129 Å². The summed E-state index contributed by atoms with van der Waals surface area (Å²) in [5.74, 6) is 0.642. The van der Waals surface area contributed by atoms with Crippen molar-refractivity contribution >= 4 is 62.8 Å². The number of piperidine rings is 3. The Balaban J connectivity index is 0.000000173. The van der Waals surface area contributed by atoms with Gasteiger partial charge in [-0.25, -0.2) is 15.0 Å². The van der Waals surface area contributed by atoms with Crippen LogP contribution < -0.4 is 30.1 Å². The molecule has 3 aliphatic heterocycles. The number of aromatic nitrogens is 5. The molecule has 19 heteroatoms. The Bertz CT molecular complexity index is 3230. The largest absolute Gasteiger partial charge is 0.573 e. The lowest BCUT2D eigenvalue weighted by molar-refractivity contribution is -0.274. The molecule has 0 bridgehead atoms. The Kier molecular flexibility index (Phi) is 15.1. The minimum Gasteiger partial charge on any atom is -0.406 e. The number of nitrogens with one attached hydrogen (secondary N) is 3. The number of rotatable bonds is 11. The van der Waals surface area contributed by atoms with Crippen LogP contribution in [0.2, 0.25) is 5.02 Å². The molecule has 7 heterocycles. The number of H-pyrrole nitrogens is 1. The number of carbonyl (C=O) groups is 1. The van der Waals surface area contributed by atoms with Crippen LogP contribution in [-0.4, -0.2) is 75.9 Å². The number of amides is 1. The minimum absolute atomic E-state index is 0.200. The molecule has 0 saturated carbocycles. The van der Waals surface area contributed by atoms with Gasteiger partial charge in [0.05, 0.1) is 21.8 Å². The van der Waals surface area contributed by atoms with Crippen LogP contribution in [0.5, 0.6) is 5.75 Å². The highest BCUT2D eigenvalue weighted by Crippen LogP contribution is 2.44. The number of aryl methyl sites for hydroxylation is 1. The average Bonchev–Trinajstić information content (AvgIpc) is 4.07. The SMILES string of the molecule is CCc1nc2ccc(Cl)cn2c1C(=O)NCc1ccc(N2CCC(c3ccc(OC(F)(F)F)cc3)CC2)cc1.FC(F)(F)c1ccc(N2CCC3(CCN(c4ccc(Nc5ncnc6cc[nH]c56)cc4)CC3)CC2)cc1. The maximum atomic E-state index is 13.0. The molecular formula is C57H57ClF6N10O2. The zero-order valence-electron chi connectivity index (χ0n) is 41.8. The van der Waals surface area contributed by atoms with Crippen molar-refractivity contribution in [2.24, 2.45) is 5.41 Å². The third-order valence-electron chi connectivity index (χ3n) is 15.1. The lowest BCUT2D eigenvalue weighted by Crippen LogP contribution is -2.47. The monoisotopic (exact) mass is 1060 g/mol. The van der Waals surface area contributed by atoms with Gasteiger partial charge in [-0.05, 0) is 158 Å². The molecule has 4 aromatic carbocycles. The molecule has 3 saturated heterocycles. The van der Waals surface area contributed by atoms with Crippen molar-refractivity contribution in [2.45, 2.75) is 76.9 Å². The van der Waals surface area contributed by atoms with Crippen LogP contribution in [0, 0.1) is 5.41 Å². The Morgan fingerprint density at radius 1 is 0.737 bits per heavy atom. The number of fused-ring (bicyclic) bond motifs is 2. The first kappa shape index (κ1) is 52.0. The molecular weight excluding hydrogens is 1010 g/mol. The van der Waals surface area contributed by atoms with E-state index < -0.39 is 18.1 Å². The van der Waals surface area contributed by atoms with Gasteiger partial charge in [-0.1, -0.05) is 42.8 Å². The molecule has 8 aromatic rings. The number of imidazole rings is 1. The van der Waals surface area contributed by atoms with Crippen molar-refractivity contribution in [1.82, 2.24) is 29.7 Å². The second-order valence-corrected chi connectivity index (χ2v) is 20.2. The molecule has 1 amide bonds. The van der Waals surface area contributed by atoms with Gasteiger partial charge in [-0.3, -0.25) is 9.20 Å². The van der Waals surface area contributed by atoms with E-state index in [4.69, 9.17) is 11.6 Å². The van der Waals surface area contributed by atoms with Gasteiger partial charge >= 0.3 is 12.5 Å². The number of alkyl halides is 6. The van der Waals surface area contributed by atoms with E-state index in [1.807, 2.05) is 31.3 Å².